The van der Waals surface area contributed by atoms with Gasteiger partial charge in [-0.2, -0.15) is 0 Å². The molecule has 3 aromatic rings. The summed E-state index contributed by atoms with van der Waals surface area (Å²) in [5.41, 5.74) is 0.617. The Balaban J connectivity index is 1.63. The van der Waals surface area contributed by atoms with Crippen LogP contribution in [0.4, 0.5) is 8.78 Å². The lowest BCUT2D eigenvalue weighted by molar-refractivity contribution is -0.133. The minimum absolute atomic E-state index is 0.109. The van der Waals surface area contributed by atoms with Gasteiger partial charge in [0, 0.05) is 23.7 Å². The summed E-state index contributed by atoms with van der Waals surface area (Å²) in [5, 5.41) is 0.713. The Morgan fingerprint density at radius 3 is 2.63 bits per heavy atom. The maximum atomic E-state index is 13.3. The van der Waals surface area contributed by atoms with E-state index in [-0.39, 0.29) is 16.4 Å². The zero-order chi connectivity index (χ0) is 19.6. The molecular weight excluding hydrogens is 396 g/mol. The lowest BCUT2D eigenvalue weighted by Crippen LogP contribution is -2.30. The first-order valence-corrected chi connectivity index (χ1v) is 9.07. The summed E-state index contributed by atoms with van der Waals surface area (Å²) in [6.07, 6.45) is 0. The van der Waals surface area contributed by atoms with Gasteiger partial charge in [0.05, 0.1) is 5.02 Å². The Morgan fingerprint density at radius 2 is 1.89 bits per heavy atom. The first-order valence-electron chi connectivity index (χ1n) is 7.88. The Hall–Kier alpha value is -2.51. The van der Waals surface area contributed by atoms with Crippen molar-refractivity contribution in [3.8, 4) is 0 Å². The Labute approximate surface area is 162 Å². The van der Waals surface area contributed by atoms with Crippen LogP contribution in [0.2, 0.25) is 5.02 Å². The topological polar surface area (TPSA) is 46.6 Å². The van der Waals surface area contributed by atoms with E-state index in [0.29, 0.717) is 15.6 Å². The van der Waals surface area contributed by atoms with Crippen molar-refractivity contribution in [1.82, 2.24) is 4.90 Å². The molecule has 0 aliphatic rings. The van der Waals surface area contributed by atoms with E-state index in [4.69, 9.17) is 16.3 Å². The van der Waals surface area contributed by atoms with Gasteiger partial charge in [0.15, 0.2) is 6.61 Å². The molecule has 8 heteroatoms. The van der Waals surface area contributed by atoms with E-state index < -0.39 is 30.1 Å². The van der Waals surface area contributed by atoms with Crippen LogP contribution >= 0.6 is 22.9 Å². The number of benzene rings is 2. The van der Waals surface area contributed by atoms with E-state index in [1.807, 2.05) is 0 Å². The predicted octanol–water partition coefficient (Wildman–Crippen LogP) is 4.65. The van der Waals surface area contributed by atoms with Crippen molar-refractivity contribution in [3.05, 3.63) is 69.6 Å². The second-order valence-corrected chi connectivity index (χ2v) is 7.27. The number of ether oxygens (including phenoxy) is 1. The maximum absolute atomic E-state index is 13.3. The fourth-order valence-corrected chi connectivity index (χ4v) is 3.90. The first-order chi connectivity index (χ1) is 12.8. The molecule has 0 spiro atoms. The highest BCUT2D eigenvalue weighted by Crippen LogP contribution is 2.36. The van der Waals surface area contributed by atoms with Crippen molar-refractivity contribution in [2.24, 2.45) is 0 Å². The molecule has 1 heterocycles. The number of thiophene rings is 1. The van der Waals surface area contributed by atoms with E-state index in [1.54, 1.807) is 12.1 Å². The van der Waals surface area contributed by atoms with Crippen LogP contribution in [-0.4, -0.2) is 30.4 Å². The molecule has 4 nitrogen and oxygen atoms in total. The first kappa shape index (κ1) is 19.3. The molecule has 0 N–H and O–H groups in total. The van der Waals surface area contributed by atoms with Crippen molar-refractivity contribution >= 4 is 44.9 Å². The molecule has 0 fully saturated rings. The monoisotopic (exact) mass is 409 g/mol. The van der Waals surface area contributed by atoms with Gasteiger partial charge in [0.1, 0.15) is 16.5 Å². The van der Waals surface area contributed by atoms with Gasteiger partial charge in [-0.05, 0) is 35.9 Å². The smallest absolute Gasteiger partial charge is 0.350 e. The molecule has 3 rings (SSSR count). The number of rotatable bonds is 5. The third-order valence-electron chi connectivity index (χ3n) is 3.84. The van der Waals surface area contributed by atoms with Gasteiger partial charge in [-0.25, -0.2) is 13.6 Å². The SMILES string of the molecule is CN(Cc1cccc(F)c1)C(=O)COC(=O)c1sc2cc(F)ccc2c1Cl. The van der Waals surface area contributed by atoms with E-state index in [0.717, 1.165) is 11.3 Å². The highest BCUT2D eigenvalue weighted by molar-refractivity contribution is 7.21. The molecule has 0 bridgehead atoms. The number of fused-ring (bicyclic) bond motifs is 1. The summed E-state index contributed by atoms with van der Waals surface area (Å²) in [7, 11) is 1.52. The number of carbonyl (C=O) groups is 2. The third-order valence-corrected chi connectivity index (χ3v) is 5.48. The standard InChI is InChI=1S/C19H14ClF2NO3S/c1-23(9-11-3-2-4-12(21)7-11)16(24)10-26-19(25)18-17(20)14-6-5-13(22)8-15(14)27-18/h2-8H,9-10H2,1H3. The molecule has 0 saturated carbocycles. The van der Waals surface area contributed by atoms with Crippen molar-refractivity contribution < 1.29 is 23.1 Å². The molecule has 27 heavy (non-hydrogen) atoms. The number of hydrogen-bond acceptors (Lipinski definition) is 4. The van der Waals surface area contributed by atoms with Gasteiger partial charge >= 0.3 is 5.97 Å². The maximum Gasteiger partial charge on any atom is 0.350 e. The Morgan fingerprint density at radius 1 is 1.15 bits per heavy atom. The lowest BCUT2D eigenvalue weighted by Gasteiger charge is -2.17. The number of carbonyl (C=O) groups excluding carboxylic acids is 2. The van der Waals surface area contributed by atoms with Crippen LogP contribution in [0.5, 0.6) is 0 Å². The number of halogens is 3. The predicted molar refractivity (Wildman–Crippen MR) is 99.9 cm³/mol. The Kier molecular flexibility index (Phi) is 5.72. The van der Waals surface area contributed by atoms with Crippen LogP contribution in [0.3, 0.4) is 0 Å². The van der Waals surface area contributed by atoms with Gasteiger partial charge in [-0.3, -0.25) is 4.79 Å². The van der Waals surface area contributed by atoms with E-state index >= 15 is 0 Å². The number of likely N-dealkylation sites (N-methyl/N-ethyl adjacent to an activating group) is 1. The molecular formula is C19H14ClF2NO3S. The quantitative estimate of drug-likeness (QED) is 0.576. The van der Waals surface area contributed by atoms with E-state index in [2.05, 4.69) is 0 Å². The molecule has 1 aromatic heterocycles. The van der Waals surface area contributed by atoms with Crippen molar-refractivity contribution in [1.29, 1.82) is 0 Å². The molecule has 0 unspecified atom stereocenters. The molecule has 0 aliphatic heterocycles. The van der Waals surface area contributed by atoms with Crippen molar-refractivity contribution in [3.63, 3.8) is 0 Å². The van der Waals surface area contributed by atoms with E-state index in [1.165, 1.54) is 42.3 Å². The average Bonchev–Trinajstić information content (AvgIpc) is 2.95. The minimum atomic E-state index is -0.755. The van der Waals surface area contributed by atoms with Crippen LogP contribution in [0.15, 0.2) is 42.5 Å². The summed E-state index contributed by atoms with van der Waals surface area (Å²) < 4.78 is 32.1. The molecule has 0 aliphatic carbocycles. The van der Waals surface area contributed by atoms with Crippen molar-refractivity contribution in [2.45, 2.75) is 6.54 Å². The van der Waals surface area contributed by atoms with Crippen LogP contribution < -0.4 is 0 Å². The zero-order valence-electron chi connectivity index (χ0n) is 14.2. The average molecular weight is 410 g/mol. The summed E-state index contributed by atoms with van der Waals surface area (Å²) >= 11 is 7.16. The normalized spacial score (nSPS) is 10.8. The molecule has 2 aromatic carbocycles. The van der Waals surface area contributed by atoms with Crippen molar-refractivity contribution in [2.75, 3.05) is 13.7 Å². The van der Waals surface area contributed by atoms with Gasteiger partial charge in [-0.1, -0.05) is 23.7 Å². The number of esters is 1. The van der Waals surface area contributed by atoms with Gasteiger partial charge in [0.25, 0.3) is 5.91 Å². The summed E-state index contributed by atoms with van der Waals surface area (Å²) in [4.78, 5) is 25.8. The number of hydrogen-bond donors (Lipinski definition) is 0. The van der Waals surface area contributed by atoms with Gasteiger partial charge in [-0.15, -0.1) is 11.3 Å². The fraction of sp³-hybridized carbons (Fsp3) is 0.158. The largest absolute Gasteiger partial charge is 0.451 e. The van der Waals surface area contributed by atoms with Crippen LogP contribution in [0.1, 0.15) is 15.2 Å². The third kappa shape index (κ3) is 4.43. The van der Waals surface area contributed by atoms with Gasteiger partial charge < -0.3 is 9.64 Å². The second kappa shape index (κ2) is 8.02. The van der Waals surface area contributed by atoms with Gasteiger partial charge in [0.2, 0.25) is 0 Å². The summed E-state index contributed by atoms with van der Waals surface area (Å²) in [6.45, 7) is -0.305. The molecule has 0 saturated heterocycles. The highest BCUT2D eigenvalue weighted by Gasteiger charge is 2.20. The number of amides is 1. The van der Waals surface area contributed by atoms with Crippen LogP contribution in [0.25, 0.3) is 10.1 Å². The van der Waals surface area contributed by atoms with Crippen LogP contribution in [-0.2, 0) is 16.1 Å². The fourth-order valence-electron chi connectivity index (χ4n) is 2.47. The highest BCUT2D eigenvalue weighted by atomic mass is 35.5. The second-order valence-electron chi connectivity index (χ2n) is 5.84. The van der Waals surface area contributed by atoms with E-state index in [9.17, 15) is 18.4 Å². The van der Waals surface area contributed by atoms with Crippen LogP contribution in [0, 0.1) is 11.6 Å². The molecule has 0 radical (unpaired) electrons. The number of nitrogens with zero attached hydrogens (tertiary/aromatic N) is 1. The molecule has 140 valence electrons. The summed E-state index contributed by atoms with van der Waals surface area (Å²) in [6, 6.07) is 9.89. The minimum Gasteiger partial charge on any atom is -0.451 e. The molecule has 0 atom stereocenters. The Bertz CT molecular complexity index is 1020. The lowest BCUT2D eigenvalue weighted by atomic mass is 10.2. The zero-order valence-corrected chi connectivity index (χ0v) is 15.7. The summed E-state index contributed by atoms with van der Waals surface area (Å²) in [5.74, 6) is -2.03. The molecule has 1 amide bonds.